The lowest BCUT2D eigenvalue weighted by molar-refractivity contribution is 0.112. The summed E-state index contributed by atoms with van der Waals surface area (Å²) >= 11 is 6.79. The van der Waals surface area contributed by atoms with Crippen molar-refractivity contribution in [2.24, 2.45) is 0 Å². The van der Waals surface area contributed by atoms with E-state index < -0.39 is 11.6 Å². The summed E-state index contributed by atoms with van der Waals surface area (Å²) in [7, 11) is 3.58. The average Bonchev–Trinajstić information content (AvgIpc) is 2.85. The van der Waals surface area contributed by atoms with Crippen LogP contribution in [0.1, 0.15) is 10.4 Å². The maximum absolute atomic E-state index is 14.8. The number of carbonyl (C=O) groups is 1. The molecule has 0 bridgehead atoms. The number of phenolic OH excluding ortho intramolecular Hbond substituents is 1. The van der Waals surface area contributed by atoms with E-state index in [1.807, 2.05) is 11.9 Å². The lowest BCUT2D eigenvalue weighted by atomic mass is 10.0. The lowest BCUT2D eigenvalue weighted by Gasteiger charge is -2.18. The molecule has 0 heterocycles. The number of phenols is 1. The Balaban J connectivity index is 1.81. The van der Waals surface area contributed by atoms with Gasteiger partial charge >= 0.3 is 0 Å². The highest BCUT2D eigenvalue weighted by Crippen LogP contribution is 2.39. The van der Waals surface area contributed by atoms with Crippen LogP contribution in [-0.4, -0.2) is 56.8 Å². The van der Waals surface area contributed by atoms with E-state index in [9.17, 15) is 18.7 Å². The zero-order chi connectivity index (χ0) is 25.4. The fourth-order valence-electron chi connectivity index (χ4n) is 3.17. The van der Waals surface area contributed by atoms with Crippen LogP contribution in [0, 0.1) is 11.6 Å². The number of likely N-dealkylation sites (N-methyl/N-ethyl adjacent to an activating group) is 1. The summed E-state index contributed by atoms with van der Waals surface area (Å²) in [5.74, 6) is -1.37. The molecule has 10 heteroatoms. The first-order valence-corrected chi connectivity index (χ1v) is 11.8. The van der Waals surface area contributed by atoms with Crippen molar-refractivity contribution in [1.29, 1.82) is 0 Å². The summed E-state index contributed by atoms with van der Waals surface area (Å²) in [6, 6.07) is 11.8. The number of rotatable bonds is 12. The van der Waals surface area contributed by atoms with Crippen LogP contribution in [0.4, 0.5) is 14.5 Å². The molecule has 0 radical (unpaired) electrons. The standard InChI is InChI=1S/C25H25ClF2N2O4S/c1-30(7-9-33-2)8-10-34-23-6-4-3-5-17(23)18-13-22(21(28)14-20(18)27)29-35-24-12-16(15-31)11-19(26)25(24)32/h3-6,11-15,29,32H,7-10H2,1-2H3. The number of aromatic hydroxyl groups is 1. The van der Waals surface area contributed by atoms with E-state index in [0.717, 1.165) is 24.6 Å². The second-order valence-electron chi connectivity index (χ2n) is 7.62. The largest absolute Gasteiger partial charge is 0.505 e. The van der Waals surface area contributed by atoms with Gasteiger partial charge < -0.3 is 24.2 Å². The van der Waals surface area contributed by atoms with E-state index in [4.69, 9.17) is 21.1 Å². The molecule has 6 nitrogen and oxygen atoms in total. The van der Waals surface area contributed by atoms with Crippen LogP contribution in [0.3, 0.4) is 0 Å². The fourth-order valence-corrected chi connectivity index (χ4v) is 4.23. The van der Waals surface area contributed by atoms with Crippen LogP contribution in [0.25, 0.3) is 11.1 Å². The number of para-hydroxylation sites is 1. The van der Waals surface area contributed by atoms with Crippen molar-refractivity contribution in [1.82, 2.24) is 4.90 Å². The van der Waals surface area contributed by atoms with Crippen molar-refractivity contribution in [3.05, 3.63) is 70.8 Å². The Hall–Kier alpha value is -2.85. The number of hydrogen-bond acceptors (Lipinski definition) is 7. The molecule has 0 saturated heterocycles. The molecule has 3 aromatic carbocycles. The zero-order valence-corrected chi connectivity index (χ0v) is 20.8. The first-order chi connectivity index (χ1) is 16.8. The topological polar surface area (TPSA) is 71.0 Å². The summed E-state index contributed by atoms with van der Waals surface area (Å²) in [5.41, 5.74) is 0.831. The van der Waals surface area contributed by atoms with Gasteiger partial charge in [0.2, 0.25) is 0 Å². The van der Waals surface area contributed by atoms with Gasteiger partial charge in [0.05, 0.1) is 22.2 Å². The first-order valence-electron chi connectivity index (χ1n) is 10.6. The molecule has 0 saturated carbocycles. The Labute approximate surface area is 211 Å². The van der Waals surface area contributed by atoms with Gasteiger partial charge in [0, 0.05) is 43.0 Å². The minimum absolute atomic E-state index is 0.0156. The van der Waals surface area contributed by atoms with Crippen LogP contribution in [-0.2, 0) is 4.74 Å². The van der Waals surface area contributed by atoms with E-state index >= 15 is 0 Å². The van der Waals surface area contributed by atoms with Crippen molar-refractivity contribution in [3.8, 4) is 22.6 Å². The summed E-state index contributed by atoms with van der Waals surface area (Å²) in [5, 5.41) is 10.1. The summed E-state index contributed by atoms with van der Waals surface area (Å²) in [6.45, 7) is 2.36. The molecule has 0 aliphatic rings. The number of methoxy groups -OCH3 is 1. The number of hydrogen-bond donors (Lipinski definition) is 2. The third-order valence-electron chi connectivity index (χ3n) is 5.10. The number of nitrogens with one attached hydrogen (secondary N) is 1. The summed E-state index contributed by atoms with van der Waals surface area (Å²) in [4.78, 5) is 13.3. The van der Waals surface area contributed by atoms with Gasteiger partial charge in [0.15, 0.2) is 0 Å². The second kappa shape index (κ2) is 12.7. The van der Waals surface area contributed by atoms with E-state index in [2.05, 4.69) is 4.72 Å². The molecule has 186 valence electrons. The normalized spacial score (nSPS) is 11.0. The molecule has 0 aliphatic carbocycles. The van der Waals surface area contributed by atoms with Gasteiger partial charge in [-0.1, -0.05) is 29.8 Å². The monoisotopic (exact) mass is 522 g/mol. The highest BCUT2D eigenvalue weighted by atomic mass is 35.5. The van der Waals surface area contributed by atoms with Gasteiger partial charge in [0.1, 0.15) is 36.0 Å². The van der Waals surface area contributed by atoms with Gasteiger partial charge in [-0.3, -0.25) is 4.79 Å². The summed E-state index contributed by atoms with van der Waals surface area (Å²) in [6.07, 6.45) is 0.582. The molecule has 3 aromatic rings. The van der Waals surface area contributed by atoms with Crippen LogP contribution in [0.15, 0.2) is 53.4 Å². The van der Waals surface area contributed by atoms with Gasteiger partial charge in [-0.2, -0.15) is 0 Å². The van der Waals surface area contributed by atoms with Crippen molar-refractivity contribution < 1.29 is 28.2 Å². The number of benzene rings is 3. The van der Waals surface area contributed by atoms with Crippen molar-refractivity contribution in [2.45, 2.75) is 4.90 Å². The van der Waals surface area contributed by atoms with Crippen molar-refractivity contribution in [3.63, 3.8) is 0 Å². The van der Waals surface area contributed by atoms with Gasteiger partial charge in [-0.15, -0.1) is 0 Å². The van der Waals surface area contributed by atoms with Crippen LogP contribution >= 0.6 is 23.5 Å². The van der Waals surface area contributed by atoms with E-state index in [1.165, 1.54) is 18.2 Å². The maximum Gasteiger partial charge on any atom is 0.150 e. The molecule has 3 rings (SSSR count). The second-order valence-corrected chi connectivity index (χ2v) is 8.88. The van der Waals surface area contributed by atoms with Crippen LogP contribution < -0.4 is 9.46 Å². The molecule has 0 aliphatic heterocycles. The highest BCUT2D eigenvalue weighted by Gasteiger charge is 2.17. The predicted octanol–water partition coefficient (Wildman–Crippen LogP) is 5.88. The Morgan fingerprint density at radius 3 is 2.57 bits per heavy atom. The minimum atomic E-state index is -0.825. The number of ether oxygens (including phenoxy) is 2. The van der Waals surface area contributed by atoms with Gasteiger partial charge in [-0.05, 0) is 43.3 Å². The number of anilines is 1. The summed E-state index contributed by atoms with van der Waals surface area (Å²) < 4.78 is 43.1. The zero-order valence-electron chi connectivity index (χ0n) is 19.2. The van der Waals surface area contributed by atoms with E-state index in [0.29, 0.717) is 37.4 Å². The van der Waals surface area contributed by atoms with Crippen LogP contribution in [0.5, 0.6) is 11.5 Å². The fraction of sp³-hybridized carbons (Fsp3) is 0.240. The number of nitrogens with zero attached hydrogens (tertiary/aromatic N) is 1. The predicted molar refractivity (Wildman–Crippen MR) is 135 cm³/mol. The quantitative estimate of drug-likeness (QED) is 0.227. The Kier molecular flexibility index (Phi) is 9.73. The first kappa shape index (κ1) is 26.7. The smallest absolute Gasteiger partial charge is 0.150 e. The Morgan fingerprint density at radius 2 is 1.83 bits per heavy atom. The molecule has 0 unspecified atom stereocenters. The van der Waals surface area contributed by atoms with Crippen molar-refractivity contribution >= 4 is 35.5 Å². The van der Waals surface area contributed by atoms with E-state index in [-0.39, 0.29) is 32.5 Å². The number of carbonyl (C=O) groups excluding carboxylic acids is 1. The minimum Gasteiger partial charge on any atom is -0.505 e. The molecule has 0 atom stereocenters. The van der Waals surface area contributed by atoms with E-state index in [1.54, 1.807) is 31.4 Å². The molecule has 0 amide bonds. The van der Waals surface area contributed by atoms with Gasteiger partial charge in [-0.25, -0.2) is 8.78 Å². The third kappa shape index (κ3) is 7.08. The maximum atomic E-state index is 14.8. The third-order valence-corrected chi connectivity index (χ3v) is 6.24. The molecular formula is C25H25ClF2N2O4S. The lowest BCUT2D eigenvalue weighted by Crippen LogP contribution is -2.27. The molecular weight excluding hydrogens is 498 g/mol. The average molecular weight is 523 g/mol. The Bertz CT molecular complexity index is 1180. The van der Waals surface area contributed by atoms with Gasteiger partial charge in [0.25, 0.3) is 0 Å². The molecule has 2 N–H and O–H groups in total. The van der Waals surface area contributed by atoms with Crippen molar-refractivity contribution in [2.75, 3.05) is 45.2 Å². The number of halogens is 3. The van der Waals surface area contributed by atoms with Crippen LogP contribution in [0.2, 0.25) is 5.02 Å². The molecule has 35 heavy (non-hydrogen) atoms. The molecule has 0 spiro atoms. The highest BCUT2D eigenvalue weighted by molar-refractivity contribution is 8.00. The molecule has 0 fully saturated rings. The molecule has 0 aromatic heterocycles. The SMILES string of the molecule is COCCN(C)CCOc1ccccc1-c1cc(NSc2cc(C=O)cc(Cl)c2O)c(F)cc1F. The Morgan fingerprint density at radius 1 is 1.09 bits per heavy atom. The number of aldehydes is 1.